The summed E-state index contributed by atoms with van der Waals surface area (Å²) in [6.07, 6.45) is 2.60. The molecule has 2 saturated heterocycles. The van der Waals surface area contributed by atoms with Crippen molar-refractivity contribution in [2.45, 2.75) is 32.7 Å². The Morgan fingerprint density at radius 2 is 2.06 bits per heavy atom. The highest BCUT2D eigenvalue weighted by Gasteiger charge is 2.20. The van der Waals surface area contributed by atoms with Gasteiger partial charge in [0.15, 0.2) is 0 Å². The largest absolute Gasteiger partial charge is 0.351 e. The Morgan fingerprint density at radius 1 is 1.41 bits per heavy atom. The number of hydrogen-bond donors (Lipinski definition) is 2. The van der Waals surface area contributed by atoms with Crippen molar-refractivity contribution in [3.8, 4) is 0 Å². The van der Waals surface area contributed by atoms with Crippen LogP contribution < -0.4 is 10.6 Å². The van der Waals surface area contributed by atoms with Gasteiger partial charge in [-0.1, -0.05) is 0 Å². The van der Waals surface area contributed by atoms with Crippen molar-refractivity contribution < 1.29 is 4.79 Å². The Kier molecular flexibility index (Phi) is 4.18. The summed E-state index contributed by atoms with van der Waals surface area (Å²) in [7, 11) is 0. The molecule has 17 heavy (non-hydrogen) atoms. The summed E-state index contributed by atoms with van der Waals surface area (Å²) in [6, 6.07) is 0.457. The fourth-order valence-corrected chi connectivity index (χ4v) is 2.36. The van der Waals surface area contributed by atoms with E-state index in [4.69, 9.17) is 0 Å². The zero-order chi connectivity index (χ0) is 12.3. The maximum atomic E-state index is 11.9. The summed E-state index contributed by atoms with van der Waals surface area (Å²) in [4.78, 5) is 14.3. The molecule has 2 rings (SSSR count). The van der Waals surface area contributed by atoms with Crippen molar-refractivity contribution in [3.05, 3.63) is 11.1 Å². The summed E-state index contributed by atoms with van der Waals surface area (Å²) in [5.74, 6) is 0.104. The van der Waals surface area contributed by atoms with Crippen LogP contribution in [0.5, 0.6) is 0 Å². The molecular formula is C13H23N3O. The lowest BCUT2D eigenvalue weighted by atomic mass is 10.0. The van der Waals surface area contributed by atoms with Crippen LogP contribution in [0.4, 0.5) is 0 Å². The average molecular weight is 237 g/mol. The second-order valence-electron chi connectivity index (χ2n) is 5.13. The van der Waals surface area contributed by atoms with Gasteiger partial charge in [-0.3, -0.25) is 9.69 Å². The molecule has 0 aromatic rings. The molecule has 4 heteroatoms. The predicted octanol–water partition coefficient (Wildman–Crippen LogP) is 0.507. The van der Waals surface area contributed by atoms with Gasteiger partial charge in [0.2, 0.25) is 5.91 Å². The van der Waals surface area contributed by atoms with E-state index >= 15 is 0 Å². The zero-order valence-electron chi connectivity index (χ0n) is 10.9. The van der Waals surface area contributed by atoms with E-state index < -0.39 is 0 Å². The number of hydrogen-bond acceptors (Lipinski definition) is 3. The minimum atomic E-state index is 0.104. The predicted molar refractivity (Wildman–Crippen MR) is 68.8 cm³/mol. The normalized spacial score (nSPS) is 22.1. The molecule has 4 nitrogen and oxygen atoms in total. The summed E-state index contributed by atoms with van der Waals surface area (Å²) >= 11 is 0. The van der Waals surface area contributed by atoms with Gasteiger partial charge in [-0.2, -0.15) is 0 Å². The topological polar surface area (TPSA) is 44.4 Å². The Balaban J connectivity index is 1.75. The van der Waals surface area contributed by atoms with Crippen LogP contribution in [-0.2, 0) is 4.79 Å². The Labute approximate surface area is 103 Å². The molecule has 0 saturated carbocycles. The van der Waals surface area contributed by atoms with Crippen LogP contribution in [0.2, 0.25) is 0 Å². The van der Waals surface area contributed by atoms with Gasteiger partial charge in [-0.15, -0.1) is 0 Å². The van der Waals surface area contributed by atoms with Crippen LogP contribution in [0.1, 0.15) is 26.7 Å². The van der Waals surface area contributed by atoms with E-state index in [9.17, 15) is 4.79 Å². The van der Waals surface area contributed by atoms with Crippen molar-refractivity contribution in [2.24, 2.45) is 0 Å². The lowest BCUT2D eigenvalue weighted by Crippen LogP contribution is -2.42. The van der Waals surface area contributed by atoms with E-state index in [0.717, 1.165) is 25.2 Å². The molecule has 2 N–H and O–H groups in total. The smallest absolute Gasteiger partial charge is 0.247 e. The maximum absolute atomic E-state index is 11.9. The summed E-state index contributed by atoms with van der Waals surface area (Å²) < 4.78 is 0. The van der Waals surface area contributed by atoms with Gasteiger partial charge in [0.05, 0.1) is 0 Å². The first-order valence-corrected chi connectivity index (χ1v) is 6.60. The maximum Gasteiger partial charge on any atom is 0.247 e. The molecule has 96 valence electrons. The zero-order valence-corrected chi connectivity index (χ0v) is 10.9. The first kappa shape index (κ1) is 12.6. The third-order valence-corrected chi connectivity index (χ3v) is 3.87. The first-order chi connectivity index (χ1) is 8.18. The quantitative estimate of drug-likeness (QED) is 0.700. The lowest BCUT2D eigenvalue weighted by Gasteiger charge is -2.25. The highest BCUT2D eigenvalue weighted by Crippen LogP contribution is 2.11. The molecule has 2 heterocycles. The van der Waals surface area contributed by atoms with Crippen LogP contribution >= 0.6 is 0 Å². The lowest BCUT2D eigenvalue weighted by molar-refractivity contribution is -0.117. The van der Waals surface area contributed by atoms with Gasteiger partial charge < -0.3 is 10.6 Å². The molecule has 2 aliphatic rings. The third kappa shape index (κ3) is 3.07. The molecule has 0 radical (unpaired) electrons. The molecule has 1 unspecified atom stereocenters. The van der Waals surface area contributed by atoms with Crippen molar-refractivity contribution in [1.82, 2.24) is 15.5 Å². The number of amides is 1. The van der Waals surface area contributed by atoms with Crippen molar-refractivity contribution in [1.29, 1.82) is 0 Å². The number of nitrogens with zero attached hydrogens (tertiary/aromatic N) is 1. The molecular weight excluding hydrogens is 214 g/mol. The summed E-state index contributed by atoms with van der Waals surface area (Å²) in [5, 5.41) is 6.20. The van der Waals surface area contributed by atoms with Gasteiger partial charge in [-0.25, -0.2) is 0 Å². The SMILES string of the molecule is CC(C(=O)NCC(C)N1CCCC1)=C1CNC1. The van der Waals surface area contributed by atoms with E-state index in [1.807, 2.05) is 6.92 Å². The highest BCUT2D eigenvalue weighted by molar-refractivity contribution is 5.93. The van der Waals surface area contributed by atoms with Crippen LogP contribution in [-0.4, -0.2) is 49.6 Å². The molecule has 0 bridgehead atoms. The Bertz CT molecular complexity index is 313. The fourth-order valence-electron chi connectivity index (χ4n) is 2.36. The van der Waals surface area contributed by atoms with E-state index in [0.29, 0.717) is 6.04 Å². The van der Waals surface area contributed by atoms with Crippen LogP contribution in [0.15, 0.2) is 11.1 Å². The summed E-state index contributed by atoms with van der Waals surface area (Å²) in [6.45, 7) is 8.99. The first-order valence-electron chi connectivity index (χ1n) is 6.60. The minimum absolute atomic E-state index is 0.104. The van der Waals surface area contributed by atoms with Gasteiger partial charge in [0.25, 0.3) is 0 Å². The van der Waals surface area contributed by atoms with E-state index in [-0.39, 0.29) is 5.91 Å². The average Bonchev–Trinajstić information content (AvgIpc) is 2.76. The van der Waals surface area contributed by atoms with Crippen molar-refractivity contribution in [2.75, 3.05) is 32.7 Å². The van der Waals surface area contributed by atoms with Crippen LogP contribution in [0.25, 0.3) is 0 Å². The highest BCUT2D eigenvalue weighted by atomic mass is 16.1. The molecule has 2 fully saturated rings. The molecule has 2 aliphatic heterocycles. The van der Waals surface area contributed by atoms with Gasteiger partial charge in [0.1, 0.15) is 0 Å². The molecule has 0 aromatic carbocycles. The fraction of sp³-hybridized carbons (Fsp3) is 0.769. The van der Waals surface area contributed by atoms with Crippen molar-refractivity contribution in [3.63, 3.8) is 0 Å². The van der Waals surface area contributed by atoms with Gasteiger partial charge in [-0.05, 0) is 45.4 Å². The summed E-state index contributed by atoms with van der Waals surface area (Å²) in [5.41, 5.74) is 2.15. The monoisotopic (exact) mass is 237 g/mol. The molecule has 1 amide bonds. The van der Waals surface area contributed by atoms with E-state index in [1.165, 1.54) is 31.5 Å². The molecule has 1 atom stereocenters. The second-order valence-corrected chi connectivity index (χ2v) is 5.13. The number of nitrogens with one attached hydrogen (secondary N) is 2. The van der Waals surface area contributed by atoms with E-state index in [1.54, 1.807) is 0 Å². The van der Waals surface area contributed by atoms with E-state index in [2.05, 4.69) is 22.5 Å². The number of likely N-dealkylation sites (tertiary alicyclic amines) is 1. The van der Waals surface area contributed by atoms with Gasteiger partial charge >= 0.3 is 0 Å². The standard InChI is InChI=1S/C13H23N3O/c1-10(16-5-3-4-6-16)7-15-13(17)11(2)12-8-14-9-12/h10,14H,3-9H2,1-2H3,(H,15,17). The van der Waals surface area contributed by atoms with Crippen LogP contribution in [0.3, 0.4) is 0 Å². The van der Waals surface area contributed by atoms with Gasteiger partial charge in [0, 0.05) is 31.2 Å². The number of carbonyl (C=O) groups is 1. The minimum Gasteiger partial charge on any atom is -0.351 e. The Hall–Kier alpha value is -0.870. The second kappa shape index (κ2) is 5.65. The Morgan fingerprint density at radius 3 is 2.59 bits per heavy atom. The van der Waals surface area contributed by atoms with Crippen molar-refractivity contribution >= 4 is 5.91 Å². The number of rotatable bonds is 4. The molecule has 0 aliphatic carbocycles. The molecule has 0 spiro atoms. The van der Waals surface area contributed by atoms with Crippen LogP contribution in [0, 0.1) is 0 Å². The number of carbonyl (C=O) groups excluding carboxylic acids is 1. The molecule has 0 aromatic heterocycles. The third-order valence-electron chi connectivity index (χ3n) is 3.87.